The van der Waals surface area contributed by atoms with E-state index in [4.69, 9.17) is 17.3 Å². The summed E-state index contributed by atoms with van der Waals surface area (Å²) in [5.41, 5.74) is 5.99. The quantitative estimate of drug-likeness (QED) is 0.618. The van der Waals surface area contributed by atoms with E-state index in [-0.39, 0.29) is 11.8 Å². The first kappa shape index (κ1) is 11.8. The summed E-state index contributed by atoms with van der Waals surface area (Å²) < 4.78 is 12.9. The van der Waals surface area contributed by atoms with Crippen LogP contribution in [0.4, 0.5) is 10.1 Å². The van der Waals surface area contributed by atoms with Gasteiger partial charge in [0.15, 0.2) is 5.96 Å². The van der Waals surface area contributed by atoms with Gasteiger partial charge < -0.3 is 11.1 Å². The molecule has 15 heavy (non-hydrogen) atoms. The largest absolute Gasteiger partial charge is 0.370 e. The van der Waals surface area contributed by atoms with Crippen molar-refractivity contribution in [3.63, 3.8) is 0 Å². The van der Waals surface area contributed by atoms with Crippen LogP contribution in [-0.4, -0.2) is 12.5 Å². The fourth-order valence-corrected chi connectivity index (χ4v) is 1.17. The highest BCUT2D eigenvalue weighted by molar-refractivity contribution is 6.33. The van der Waals surface area contributed by atoms with Gasteiger partial charge in [-0.3, -0.25) is 4.99 Å². The number of hydrogen-bond acceptors (Lipinski definition) is 1. The van der Waals surface area contributed by atoms with E-state index in [1.807, 2.05) is 6.92 Å². The van der Waals surface area contributed by atoms with E-state index in [2.05, 4.69) is 10.3 Å². The number of halogens is 2. The minimum atomic E-state index is -0.370. The molecule has 1 aromatic rings. The number of benzene rings is 1. The van der Waals surface area contributed by atoms with Crippen LogP contribution in [-0.2, 0) is 0 Å². The fourth-order valence-electron chi connectivity index (χ4n) is 1.00. The lowest BCUT2D eigenvalue weighted by Gasteiger charge is -2.07. The molecule has 3 nitrogen and oxygen atoms in total. The van der Waals surface area contributed by atoms with Crippen molar-refractivity contribution >= 4 is 23.2 Å². The first-order valence-electron chi connectivity index (χ1n) is 4.65. The maximum atomic E-state index is 12.9. The fraction of sp³-hybridized carbons (Fsp3) is 0.300. The van der Waals surface area contributed by atoms with Crippen LogP contribution in [0.2, 0.25) is 5.02 Å². The molecule has 0 saturated heterocycles. The molecule has 0 saturated carbocycles. The summed E-state index contributed by atoms with van der Waals surface area (Å²) in [6.07, 6.45) is 0.902. The molecule has 0 fully saturated rings. The molecule has 0 aliphatic rings. The summed E-state index contributed by atoms with van der Waals surface area (Å²) in [6, 6.07) is 4.02. The maximum Gasteiger partial charge on any atom is 0.193 e. The number of aliphatic imine (C=N–C) groups is 1. The summed E-state index contributed by atoms with van der Waals surface area (Å²) >= 11 is 5.83. The molecule has 1 rings (SSSR count). The van der Waals surface area contributed by atoms with Crippen LogP contribution in [0.5, 0.6) is 0 Å². The minimum absolute atomic E-state index is 0.240. The zero-order valence-corrected chi connectivity index (χ0v) is 9.18. The molecule has 1 aromatic carbocycles. The predicted molar refractivity (Wildman–Crippen MR) is 61.8 cm³/mol. The Kier molecular flexibility index (Phi) is 4.37. The van der Waals surface area contributed by atoms with Gasteiger partial charge in [-0.25, -0.2) is 4.39 Å². The van der Waals surface area contributed by atoms with Gasteiger partial charge in [0.2, 0.25) is 0 Å². The Morgan fingerprint density at radius 2 is 2.33 bits per heavy atom. The number of nitrogens with one attached hydrogen (secondary N) is 1. The SMILES string of the molecule is CCCN=C(N)Nc1cc(F)ccc1Cl. The Bertz CT molecular complexity index is 366. The Balaban J connectivity index is 2.75. The van der Waals surface area contributed by atoms with Gasteiger partial charge >= 0.3 is 0 Å². The zero-order chi connectivity index (χ0) is 11.3. The van der Waals surface area contributed by atoms with E-state index in [0.717, 1.165) is 6.42 Å². The normalized spacial score (nSPS) is 11.5. The average Bonchev–Trinajstić information content (AvgIpc) is 2.20. The third kappa shape index (κ3) is 3.75. The monoisotopic (exact) mass is 229 g/mol. The number of rotatable bonds is 3. The van der Waals surface area contributed by atoms with Gasteiger partial charge in [0.25, 0.3) is 0 Å². The molecular weight excluding hydrogens is 217 g/mol. The van der Waals surface area contributed by atoms with Crippen LogP contribution in [0.25, 0.3) is 0 Å². The van der Waals surface area contributed by atoms with Crippen molar-refractivity contribution in [3.8, 4) is 0 Å². The highest BCUT2D eigenvalue weighted by Gasteiger charge is 2.02. The lowest BCUT2D eigenvalue weighted by molar-refractivity contribution is 0.628. The number of anilines is 1. The van der Waals surface area contributed by atoms with Gasteiger partial charge in [0, 0.05) is 6.54 Å². The van der Waals surface area contributed by atoms with Crippen molar-refractivity contribution in [3.05, 3.63) is 29.0 Å². The third-order valence-corrected chi connectivity index (χ3v) is 2.03. The molecule has 0 bridgehead atoms. The van der Waals surface area contributed by atoms with Gasteiger partial charge in [0.1, 0.15) is 5.82 Å². The summed E-state index contributed by atoms with van der Waals surface area (Å²) in [6.45, 7) is 2.62. The molecule has 0 amide bonds. The molecule has 5 heteroatoms. The second-order valence-corrected chi connectivity index (χ2v) is 3.42. The second-order valence-electron chi connectivity index (χ2n) is 3.02. The van der Waals surface area contributed by atoms with Crippen molar-refractivity contribution in [1.29, 1.82) is 0 Å². The smallest absolute Gasteiger partial charge is 0.193 e. The van der Waals surface area contributed by atoms with Gasteiger partial charge in [-0.1, -0.05) is 18.5 Å². The molecule has 0 spiro atoms. The Morgan fingerprint density at radius 3 is 3.00 bits per heavy atom. The van der Waals surface area contributed by atoms with Crippen molar-refractivity contribution in [2.75, 3.05) is 11.9 Å². The van der Waals surface area contributed by atoms with Crippen LogP contribution in [0.3, 0.4) is 0 Å². The predicted octanol–water partition coefficient (Wildman–Crippen LogP) is 2.62. The van der Waals surface area contributed by atoms with E-state index < -0.39 is 0 Å². The Morgan fingerprint density at radius 1 is 1.60 bits per heavy atom. The third-order valence-electron chi connectivity index (χ3n) is 1.70. The Labute approximate surface area is 93.1 Å². The molecule has 3 N–H and O–H groups in total. The first-order chi connectivity index (χ1) is 7.13. The lowest BCUT2D eigenvalue weighted by Crippen LogP contribution is -2.23. The minimum Gasteiger partial charge on any atom is -0.370 e. The molecule has 0 aliphatic heterocycles. The van der Waals surface area contributed by atoms with Gasteiger partial charge in [-0.15, -0.1) is 0 Å². The van der Waals surface area contributed by atoms with E-state index in [9.17, 15) is 4.39 Å². The molecular formula is C10H13ClFN3. The second kappa shape index (κ2) is 5.56. The van der Waals surface area contributed by atoms with Crippen molar-refractivity contribution < 1.29 is 4.39 Å². The molecule has 0 aromatic heterocycles. The number of hydrogen-bond donors (Lipinski definition) is 2. The van der Waals surface area contributed by atoms with Gasteiger partial charge in [0.05, 0.1) is 10.7 Å². The van der Waals surface area contributed by atoms with Crippen molar-refractivity contribution in [2.24, 2.45) is 10.7 Å². The summed E-state index contributed by atoms with van der Waals surface area (Å²) in [5, 5.41) is 3.15. The molecule has 0 unspecified atom stereocenters. The van der Waals surface area contributed by atoms with Gasteiger partial charge in [-0.2, -0.15) is 0 Å². The van der Waals surface area contributed by atoms with Crippen molar-refractivity contribution in [1.82, 2.24) is 0 Å². The molecule has 0 radical (unpaired) electrons. The number of nitrogens with zero attached hydrogens (tertiary/aromatic N) is 1. The molecule has 0 aliphatic carbocycles. The molecule has 0 heterocycles. The standard InChI is InChI=1S/C10H13ClFN3/c1-2-5-14-10(13)15-9-6-7(12)3-4-8(9)11/h3-4,6H,2,5H2,1H3,(H3,13,14,15). The summed E-state index contributed by atoms with van der Waals surface area (Å²) in [5.74, 6) is -0.130. The van der Waals surface area contributed by atoms with Crippen molar-refractivity contribution in [2.45, 2.75) is 13.3 Å². The molecule has 0 atom stereocenters. The van der Waals surface area contributed by atoms with Crippen LogP contribution < -0.4 is 11.1 Å². The molecule has 82 valence electrons. The van der Waals surface area contributed by atoms with Crippen LogP contribution in [0.1, 0.15) is 13.3 Å². The lowest BCUT2D eigenvalue weighted by atomic mass is 10.3. The highest BCUT2D eigenvalue weighted by atomic mass is 35.5. The highest BCUT2D eigenvalue weighted by Crippen LogP contribution is 2.21. The van der Waals surface area contributed by atoms with Gasteiger partial charge in [-0.05, 0) is 24.6 Å². The van der Waals surface area contributed by atoms with E-state index >= 15 is 0 Å². The maximum absolute atomic E-state index is 12.9. The average molecular weight is 230 g/mol. The van der Waals surface area contributed by atoms with Crippen LogP contribution >= 0.6 is 11.6 Å². The van der Waals surface area contributed by atoms with E-state index in [1.165, 1.54) is 18.2 Å². The zero-order valence-electron chi connectivity index (χ0n) is 8.43. The van der Waals surface area contributed by atoms with E-state index in [0.29, 0.717) is 17.3 Å². The topological polar surface area (TPSA) is 50.4 Å². The van der Waals surface area contributed by atoms with Crippen LogP contribution in [0.15, 0.2) is 23.2 Å². The summed E-state index contributed by atoms with van der Waals surface area (Å²) in [7, 11) is 0. The number of guanidine groups is 1. The number of nitrogens with two attached hydrogens (primary N) is 1. The summed E-state index contributed by atoms with van der Waals surface area (Å²) in [4.78, 5) is 4.01. The first-order valence-corrected chi connectivity index (χ1v) is 5.03. The van der Waals surface area contributed by atoms with Crippen LogP contribution in [0, 0.1) is 5.82 Å². The Hall–Kier alpha value is -1.29. The van der Waals surface area contributed by atoms with E-state index in [1.54, 1.807) is 0 Å².